The fourth-order valence-electron chi connectivity index (χ4n) is 1.67. The van der Waals surface area contributed by atoms with Gasteiger partial charge in [0.15, 0.2) is 0 Å². The van der Waals surface area contributed by atoms with Crippen molar-refractivity contribution < 1.29 is 9.90 Å². The maximum atomic E-state index is 12.3. The quantitative estimate of drug-likeness (QED) is 0.801. The van der Waals surface area contributed by atoms with E-state index < -0.39 is 0 Å². The molecule has 108 valence electrons. The van der Waals surface area contributed by atoms with Gasteiger partial charge in [0.1, 0.15) is 0 Å². The molecule has 21 heavy (non-hydrogen) atoms. The SMILES string of the molecule is Cc1ccc(C#CCCO)c(C(=O)Nc2nnn(C)n2)c1. The number of carbonyl (C=O) groups excluding carboxylic acids is 1. The Labute approximate surface area is 122 Å². The summed E-state index contributed by atoms with van der Waals surface area (Å²) in [4.78, 5) is 13.5. The van der Waals surface area contributed by atoms with E-state index in [0.29, 0.717) is 17.5 Å². The molecule has 0 saturated carbocycles. The van der Waals surface area contributed by atoms with Crippen molar-refractivity contribution in [3.05, 3.63) is 34.9 Å². The summed E-state index contributed by atoms with van der Waals surface area (Å²) in [6.45, 7) is 1.88. The summed E-state index contributed by atoms with van der Waals surface area (Å²) >= 11 is 0. The lowest BCUT2D eigenvalue weighted by atomic mass is 10.0. The van der Waals surface area contributed by atoms with Gasteiger partial charge in [-0.1, -0.05) is 28.6 Å². The highest BCUT2D eigenvalue weighted by Crippen LogP contribution is 2.12. The molecule has 0 saturated heterocycles. The zero-order valence-corrected chi connectivity index (χ0v) is 11.8. The second-order valence-corrected chi connectivity index (χ2v) is 4.38. The highest BCUT2D eigenvalue weighted by atomic mass is 16.2. The summed E-state index contributed by atoms with van der Waals surface area (Å²) in [7, 11) is 1.61. The summed E-state index contributed by atoms with van der Waals surface area (Å²) in [5.74, 6) is 5.48. The molecular formula is C14H15N5O2. The van der Waals surface area contributed by atoms with Crippen molar-refractivity contribution in [2.45, 2.75) is 13.3 Å². The van der Waals surface area contributed by atoms with Gasteiger partial charge in [-0.05, 0) is 24.3 Å². The van der Waals surface area contributed by atoms with Crippen LogP contribution in [0.25, 0.3) is 0 Å². The highest BCUT2D eigenvalue weighted by molar-refractivity contribution is 6.05. The summed E-state index contributed by atoms with van der Waals surface area (Å²) in [6, 6.07) is 5.40. The topological polar surface area (TPSA) is 92.9 Å². The molecule has 7 nitrogen and oxygen atoms in total. The van der Waals surface area contributed by atoms with Crippen molar-refractivity contribution in [3.63, 3.8) is 0 Å². The molecule has 0 unspecified atom stereocenters. The van der Waals surface area contributed by atoms with Gasteiger partial charge in [0, 0.05) is 12.0 Å². The second kappa shape index (κ2) is 6.63. The summed E-state index contributed by atoms with van der Waals surface area (Å²) in [5, 5.41) is 22.6. The van der Waals surface area contributed by atoms with Crippen LogP contribution in [0.2, 0.25) is 0 Å². The molecule has 1 amide bonds. The van der Waals surface area contributed by atoms with E-state index in [0.717, 1.165) is 5.56 Å². The molecule has 2 N–H and O–H groups in total. The van der Waals surface area contributed by atoms with Crippen LogP contribution in [0.3, 0.4) is 0 Å². The van der Waals surface area contributed by atoms with E-state index in [1.165, 1.54) is 4.80 Å². The van der Waals surface area contributed by atoms with Crippen molar-refractivity contribution in [2.75, 3.05) is 11.9 Å². The standard InChI is InChI=1S/C14H15N5O2/c1-10-6-7-11(5-3-4-8-20)12(9-10)13(21)15-14-16-18-19(2)17-14/h6-7,9,20H,4,8H2,1-2H3,(H,15,17,21). The Morgan fingerprint density at radius 2 is 2.29 bits per heavy atom. The predicted molar refractivity (Wildman–Crippen MR) is 76.5 cm³/mol. The molecular weight excluding hydrogens is 270 g/mol. The molecule has 0 radical (unpaired) electrons. The highest BCUT2D eigenvalue weighted by Gasteiger charge is 2.13. The second-order valence-electron chi connectivity index (χ2n) is 4.38. The number of aromatic nitrogens is 4. The first-order valence-corrected chi connectivity index (χ1v) is 6.36. The van der Waals surface area contributed by atoms with E-state index in [1.54, 1.807) is 19.2 Å². The number of anilines is 1. The average molecular weight is 285 g/mol. The number of nitrogens with one attached hydrogen (secondary N) is 1. The van der Waals surface area contributed by atoms with Crippen LogP contribution in [0.4, 0.5) is 5.95 Å². The van der Waals surface area contributed by atoms with E-state index in [-0.39, 0.29) is 18.5 Å². The molecule has 0 atom stereocenters. The van der Waals surface area contributed by atoms with Crippen molar-refractivity contribution >= 4 is 11.9 Å². The first-order valence-electron chi connectivity index (χ1n) is 6.36. The summed E-state index contributed by atoms with van der Waals surface area (Å²) in [5.41, 5.74) is 1.98. The lowest BCUT2D eigenvalue weighted by Crippen LogP contribution is -2.15. The van der Waals surface area contributed by atoms with Crippen LogP contribution in [-0.2, 0) is 7.05 Å². The van der Waals surface area contributed by atoms with Gasteiger partial charge >= 0.3 is 0 Å². The minimum atomic E-state index is -0.347. The minimum Gasteiger partial charge on any atom is -0.395 e. The van der Waals surface area contributed by atoms with E-state index in [9.17, 15) is 4.79 Å². The number of rotatable bonds is 3. The van der Waals surface area contributed by atoms with Crippen LogP contribution in [0.1, 0.15) is 27.9 Å². The molecule has 1 aromatic heterocycles. The number of aliphatic hydroxyl groups excluding tert-OH is 1. The molecule has 0 bridgehead atoms. The maximum Gasteiger partial charge on any atom is 0.270 e. The van der Waals surface area contributed by atoms with Crippen LogP contribution in [-0.4, -0.2) is 37.8 Å². The first kappa shape index (κ1) is 14.7. The van der Waals surface area contributed by atoms with E-state index in [1.807, 2.05) is 13.0 Å². The number of hydrogen-bond acceptors (Lipinski definition) is 5. The van der Waals surface area contributed by atoms with Gasteiger partial charge in [-0.25, -0.2) is 0 Å². The monoisotopic (exact) mass is 285 g/mol. The van der Waals surface area contributed by atoms with E-state index in [4.69, 9.17) is 5.11 Å². The normalized spacial score (nSPS) is 9.86. The fourth-order valence-corrected chi connectivity index (χ4v) is 1.67. The number of tetrazole rings is 1. The Balaban J connectivity index is 2.26. The van der Waals surface area contributed by atoms with Crippen LogP contribution >= 0.6 is 0 Å². The van der Waals surface area contributed by atoms with E-state index >= 15 is 0 Å². The lowest BCUT2D eigenvalue weighted by Gasteiger charge is -2.05. The van der Waals surface area contributed by atoms with Gasteiger partial charge in [-0.3, -0.25) is 10.1 Å². The number of aryl methyl sites for hydroxylation is 2. The third kappa shape index (κ3) is 3.87. The van der Waals surface area contributed by atoms with Gasteiger partial charge < -0.3 is 5.11 Å². The van der Waals surface area contributed by atoms with Crippen LogP contribution in [0.5, 0.6) is 0 Å². The smallest absolute Gasteiger partial charge is 0.270 e. The van der Waals surface area contributed by atoms with Crippen molar-refractivity contribution in [3.8, 4) is 11.8 Å². The van der Waals surface area contributed by atoms with Gasteiger partial charge in [0.05, 0.1) is 19.2 Å². The Kier molecular flexibility index (Phi) is 4.64. The van der Waals surface area contributed by atoms with Gasteiger partial charge in [0.2, 0.25) is 0 Å². The first-order chi connectivity index (χ1) is 10.1. The van der Waals surface area contributed by atoms with Gasteiger partial charge in [0.25, 0.3) is 11.9 Å². The molecule has 7 heteroatoms. The zero-order valence-electron chi connectivity index (χ0n) is 11.8. The molecule has 0 aliphatic heterocycles. The molecule has 0 spiro atoms. The van der Waals surface area contributed by atoms with Crippen molar-refractivity contribution in [1.29, 1.82) is 0 Å². The summed E-state index contributed by atoms with van der Waals surface area (Å²) in [6.07, 6.45) is 0.362. The Bertz CT molecular complexity index is 712. The number of hydrogen-bond donors (Lipinski definition) is 2. The Morgan fingerprint density at radius 1 is 1.48 bits per heavy atom. The average Bonchev–Trinajstić information content (AvgIpc) is 2.86. The molecule has 0 fully saturated rings. The maximum absolute atomic E-state index is 12.3. The molecule has 2 aromatic rings. The number of aliphatic hydroxyl groups is 1. The predicted octanol–water partition coefficient (Wildman–Crippen LogP) is 0.505. The Morgan fingerprint density at radius 3 is 2.95 bits per heavy atom. The third-order valence-electron chi connectivity index (χ3n) is 2.61. The molecule has 1 aromatic carbocycles. The van der Waals surface area contributed by atoms with Gasteiger partial charge in [-0.15, -0.1) is 5.10 Å². The van der Waals surface area contributed by atoms with E-state index in [2.05, 4.69) is 32.6 Å². The number of amides is 1. The lowest BCUT2D eigenvalue weighted by molar-refractivity contribution is 0.102. The van der Waals surface area contributed by atoms with Crippen LogP contribution in [0.15, 0.2) is 18.2 Å². The minimum absolute atomic E-state index is 0.0100. The van der Waals surface area contributed by atoms with Crippen LogP contribution in [0, 0.1) is 18.8 Å². The largest absolute Gasteiger partial charge is 0.395 e. The van der Waals surface area contributed by atoms with Crippen molar-refractivity contribution in [2.24, 2.45) is 7.05 Å². The molecule has 0 aliphatic carbocycles. The van der Waals surface area contributed by atoms with Crippen molar-refractivity contribution in [1.82, 2.24) is 20.2 Å². The number of carbonyl (C=O) groups is 1. The molecule has 0 aliphatic rings. The molecule has 1 heterocycles. The third-order valence-corrected chi connectivity index (χ3v) is 2.61. The fraction of sp³-hybridized carbons (Fsp3) is 0.286. The zero-order chi connectivity index (χ0) is 15.2. The number of benzene rings is 1. The number of nitrogens with zero attached hydrogens (tertiary/aromatic N) is 4. The summed E-state index contributed by atoms with van der Waals surface area (Å²) < 4.78 is 0. The Hall–Kier alpha value is -2.72. The van der Waals surface area contributed by atoms with Crippen LogP contribution < -0.4 is 5.32 Å². The van der Waals surface area contributed by atoms with Gasteiger partial charge in [-0.2, -0.15) is 4.80 Å². The molecule has 2 rings (SSSR count).